The third-order valence-electron chi connectivity index (χ3n) is 5.28. The van der Waals surface area contributed by atoms with Crippen LogP contribution in [0.1, 0.15) is 11.1 Å². The number of aromatic nitrogens is 4. The number of aromatic hydroxyl groups is 1. The van der Waals surface area contributed by atoms with Crippen LogP contribution in [0.3, 0.4) is 0 Å². The Bertz CT molecular complexity index is 1520. The highest BCUT2D eigenvalue weighted by Gasteiger charge is 2.20. The number of fused-ring (bicyclic) bond motifs is 1. The molecule has 182 valence electrons. The van der Waals surface area contributed by atoms with E-state index in [4.69, 9.17) is 4.74 Å². The van der Waals surface area contributed by atoms with Crippen molar-refractivity contribution in [3.05, 3.63) is 78.9 Å². The van der Waals surface area contributed by atoms with E-state index < -0.39 is 17.4 Å². The third kappa shape index (κ3) is 5.28. The molecule has 2 heterocycles. The molecule has 0 spiro atoms. The lowest BCUT2D eigenvalue weighted by Gasteiger charge is -2.16. The van der Waals surface area contributed by atoms with Gasteiger partial charge in [0.2, 0.25) is 5.95 Å². The lowest BCUT2D eigenvalue weighted by Crippen LogP contribution is -2.30. The molecule has 11 nitrogen and oxygen atoms in total. The van der Waals surface area contributed by atoms with Gasteiger partial charge in [-0.1, -0.05) is 34.1 Å². The van der Waals surface area contributed by atoms with E-state index in [0.29, 0.717) is 11.3 Å². The first-order valence-corrected chi connectivity index (χ1v) is 11.4. The van der Waals surface area contributed by atoms with E-state index >= 15 is 0 Å². The molecule has 0 saturated heterocycles. The van der Waals surface area contributed by atoms with Gasteiger partial charge in [-0.05, 0) is 36.8 Å². The summed E-state index contributed by atoms with van der Waals surface area (Å²) in [6, 6.07) is 12.3. The van der Waals surface area contributed by atoms with Crippen molar-refractivity contribution in [3.63, 3.8) is 0 Å². The van der Waals surface area contributed by atoms with Crippen molar-refractivity contribution in [1.82, 2.24) is 19.1 Å². The molecule has 0 unspecified atom stereocenters. The number of hydrogen-bond donors (Lipinski definition) is 4. The van der Waals surface area contributed by atoms with Crippen molar-refractivity contribution in [1.29, 1.82) is 0 Å². The number of nitrogens with one attached hydrogen (secondary N) is 2. The van der Waals surface area contributed by atoms with Crippen molar-refractivity contribution < 1.29 is 14.9 Å². The second kappa shape index (κ2) is 10.2. The predicted molar refractivity (Wildman–Crippen MR) is 135 cm³/mol. The van der Waals surface area contributed by atoms with Gasteiger partial charge >= 0.3 is 5.69 Å². The number of aliphatic hydroxyl groups excluding tert-OH is 1. The SMILES string of the molecule is Cc1ccccc1OC[C@H](O)Cn1c(N/N=C/c2cc(Br)ccc2O)nc2c1c(=O)[nH]c(=O)n2C. The quantitative estimate of drug-likeness (QED) is 0.197. The van der Waals surface area contributed by atoms with Gasteiger partial charge in [-0.25, -0.2) is 10.2 Å². The van der Waals surface area contributed by atoms with Crippen molar-refractivity contribution in [2.45, 2.75) is 19.6 Å². The first-order chi connectivity index (χ1) is 16.7. The lowest BCUT2D eigenvalue weighted by molar-refractivity contribution is 0.0935. The number of halogens is 1. The summed E-state index contributed by atoms with van der Waals surface area (Å²) < 4.78 is 9.10. The normalized spacial score (nSPS) is 12.3. The Hall–Kier alpha value is -3.90. The molecule has 1 atom stereocenters. The average molecular weight is 543 g/mol. The van der Waals surface area contributed by atoms with E-state index in [2.05, 4.69) is 36.4 Å². The molecular formula is C23H23BrN6O5. The van der Waals surface area contributed by atoms with Crippen LogP contribution in [0.2, 0.25) is 0 Å². The number of hydrazone groups is 1. The summed E-state index contributed by atoms with van der Waals surface area (Å²) in [5, 5.41) is 24.8. The minimum Gasteiger partial charge on any atom is -0.507 e. The van der Waals surface area contributed by atoms with Crippen LogP contribution in [0.5, 0.6) is 11.5 Å². The standard InChI is InChI=1S/C23H23BrN6O5/c1-13-5-3-4-6-18(13)35-12-16(31)11-30-19-20(29(2)23(34)27-21(19)33)26-22(30)28-25-10-14-9-15(24)7-8-17(14)32/h3-10,16,31-32H,11-12H2,1-2H3,(H,26,28)(H,27,33,34)/b25-10+/t16-/m1/s1. The van der Waals surface area contributed by atoms with Crippen molar-refractivity contribution in [2.75, 3.05) is 12.0 Å². The van der Waals surface area contributed by atoms with E-state index in [0.717, 1.165) is 10.0 Å². The van der Waals surface area contributed by atoms with Gasteiger partial charge in [0.25, 0.3) is 5.56 Å². The summed E-state index contributed by atoms with van der Waals surface area (Å²) >= 11 is 3.33. The van der Waals surface area contributed by atoms with Crippen molar-refractivity contribution in [2.24, 2.45) is 12.1 Å². The third-order valence-corrected chi connectivity index (χ3v) is 5.78. The minimum absolute atomic E-state index is 0.0230. The minimum atomic E-state index is -1.01. The fourth-order valence-electron chi connectivity index (χ4n) is 3.45. The molecule has 0 saturated carbocycles. The highest BCUT2D eigenvalue weighted by atomic mass is 79.9. The largest absolute Gasteiger partial charge is 0.507 e. The van der Waals surface area contributed by atoms with E-state index in [9.17, 15) is 19.8 Å². The monoisotopic (exact) mass is 542 g/mol. The van der Waals surface area contributed by atoms with Crippen molar-refractivity contribution >= 4 is 39.3 Å². The number of ether oxygens (including phenoxy) is 1. The molecule has 0 radical (unpaired) electrons. The summed E-state index contributed by atoms with van der Waals surface area (Å²) in [6.07, 6.45) is 0.368. The topological polar surface area (TPSA) is 147 Å². The smallest absolute Gasteiger partial charge is 0.329 e. The molecule has 2 aromatic heterocycles. The zero-order chi connectivity index (χ0) is 25.1. The Morgan fingerprint density at radius 2 is 2.06 bits per heavy atom. The zero-order valence-corrected chi connectivity index (χ0v) is 20.5. The van der Waals surface area contributed by atoms with Gasteiger partial charge in [-0.15, -0.1) is 0 Å². The second-order valence-electron chi connectivity index (χ2n) is 7.84. The first-order valence-electron chi connectivity index (χ1n) is 10.6. The van der Waals surface area contributed by atoms with E-state index in [-0.39, 0.29) is 36.0 Å². The van der Waals surface area contributed by atoms with E-state index in [1.807, 2.05) is 25.1 Å². The fraction of sp³-hybridized carbons (Fsp3) is 0.217. The number of aryl methyl sites for hydroxylation is 2. The Morgan fingerprint density at radius 3 is 2.83 bits per heavy atom. The maximum atomic E-state index is 12.6. The first kappa shape index (κ1) is 24.2. The number of benzene rings is 2. The molecule has 35 heavy (non-hydrogen) atoms. The molecule has 2 aromatic carbocycles. The highest BCUT2D eigenvalue weighted by molar-refractivity contribution is 9.10. The maximum Gasteiger partial charge on any atom is 0.329 e. The number of phenols is 1. The average Bonchev–Trinajstić information content (AvgIpc) is 3.18. The lowest BCUT2D eigenvalue weighted by atomic mass is 10.2. The Morgan fingerprint density at radius 1 is 1.29 bits per heavy atom. The molecule has 4 N–H and O–H groups in total. The number of nitrogens with zero attached hydrogens (tertiary/aromatic N) is 4. The number of H-pyrrole nitrogens is 1. The van der Waals surface area contributed by atoms with Crippen LogP contribution < -0.4 is 21.4 Å². The number of anilines is 1. The van der Waals surface area contributed by atoms with Crippen LogP contribution in [-0.4, -0.2) is 48.2 Å². The predicted octanol–water partition coefficient (Wildman–Crippen LogP) is 2.09. The number of aliphatic hydroxyl groups is 1. The van der Waals surface area contributed by atoms with Crippen LogP contribution in [0.25, 0.3) is 11.2 Å². The van der Waals surface area contributed by atoms with Gasteiger partial charge in [-0.2, -0.15) is 10.1 Å². The van der Waals surface area contributed by atoms with Crippen LogP contribution in [0.4, 0.5) is 5.95 Å². The Kier molecular flexibility index (Phi) is 7.03. The van der Waals surface area contributed by atoms with Crippen molar-refractivity contribution in [3.8, 4) is 11.5 Å². The second-order valence-corrected chi connectivity index (χ2v) is 8.76. The molecular weight excluding hydrogens is 520 g/mol. The van der Waals surface area contributed by atoms with Gasteiger partial charge in [-0.3, -0.25) is 14.3 Å². The Labute approximate surface area is 207 Å². The molecule has 0 fully saturated rings. The van der Waals surface area contributed by atoms with Gasteiger partial charge in [0.15, 0.2) is 11.2 Å². The number of imidazole rings is 1. The summed E-state index contributed by atoms with van der Waals surface area (Å²) in [5.41, 5.74) is 3.03. The summed E-state index contributed by atoms with van der Waals surface area (Å²) in [5.74, 6) is 0.779. The highest BCUT2D eigenvalue weighted by Crippen LogP contribution is 2.21. The van der Waals surface area contributed by atoms with E-state index in [1.165, 1.54) is 28.5 Å². The number of hydrogen-bond acceptors (Lipinski definition) is 8. The molecule has 4 rings (SSSR count). The molecule has 0 aliphatic heterocycles. The number of phenolic OH excluding ortho intramolecular Hbond substituents is 1. The van der Waals surface area contributed by atoms with Crippen LogP contribution in [0, 0.1) is 6.92 Å². The maximum absolute atomic E-state index is 12.6. The fourth-order valence-corrected chi connectivity index (χ4v) is 3.83. The van der Waals surface area contributed by atoms with Gasteiger partial charge in [0, 0.05) is 17.1 Å². The molecule has 4 aromatic rings. The molecule has 0 amide bonds. The number of rotatable bonds is 8. The Balaban J connectivity index is 1.64. The van der Waals surface area contributed by atoms with Crippen LogP contribution in [0.15, 0.2) is 61.6 Å². The van der Waals surface area contributed by atoms with Crippen LogP contribution in [-0.2, 0) is 13.6 Å². The number of aromatic amines is 1. The molecule has 0 aliphatic rings. The van der Waals surface area contributed by atoms with Gasteiger partial charge in [0.05, 0.1) is 12.8 Å². The molecule has 0 aliphatic carbocycles. The van der Waals surface area contributed by atoms with Crippen LogP contribution >= 0.6 is 15.9 Å². The molecule has 12 heteroatoms. The molecule has 0 bridgehead atoms. The van der Waals surface area contributed by atoms with Gasteiger partial charge in [0.1, 0.15) is 24.2 Å². The van der Waals surface area contributed by atoms with Gasteiger partial charge < -0.3 is 19.5 Å². The summed E-state index contributed by atoms with van der Waals surface area (Å²) in [7, 11) is 1.47. The zero-order valence-electron chi connectivity index (χ0n) is 18.9. The summed E-state index contributed by atoms with van der Waals surface area (Å²) in [4.78, 5) is 31.3. The van der Waals surface area contributed by atoms with E-state index in [1.54, 1.807) is 18.2 Å². The summed E-state index contributed by atoms with van der Waals surface area (Å²) in [6.45, 7) is 1.79. The number of para-hydroxylation sites is 1.